The minimum absolute atomic E-state index is 0.0681. The van der Waals surface area contributed by atoms with E-state index in [1.54, 1.807) is 42.6 Å². The molecule has 1 aromatic heterocycles. The Morgan fingerprint density at radius 2 is 1.79 bits per heavy atom. The molecule has 0 spiro atoms. The van der Waals surface area contributed by atoms with Gasteiger partial charge >= 0.3 is 5.97 Å². The van der Waals surface area contributed by atoms with Gasteiger partial charge in [-0.2, -0.15) is 0 Å². The summed E-state index contributed by atoms with van der Waals surface area (Å²) in [4.78, 5) is 28.3. The number of carbonyl (C=O) groups excluding carboxylic acids is 2. The van der Waals surface area contributed by atoms with Crippen LogP contribution in [0.4, 0.5) is 4.39 Å². The van der Waals surface area contributed by atoms with Gasteiger partial charge in [-0.25, -0.2) is 14.2 Å². The number of nitrogens with zero attached hydrogens (tertiary/aromatic N) is 1. The molecule has 28 heavy (non-hydrogen) atoms. The van der Waals surface area contributed by atoms with Crippen molar-refractivity contribution in [2.45, 2.75) is 17.2 Å². The largest absolute Gasteiger partial charge is 0.465 e. The summed E-state index contributed by atoms with van der Waals surface area (Å²) in [5.74, 6) is -0.118. The Labute approximate surface area is 166 Å². The minimum Gasteiger partial charge on any atom is -0.465 e. The molecule has 0 aliphatic rings. The maximum absolute atomic E-state index is 12.9. The lowest BCUT2D eigenvalue weighted by Gasteiger charge is -2.05. The summed E-state index contributed by atoms with van der Waals surface area (Å²) in [5.41, 5.74) is 2.76. The van der Waals surface area contributed by atoms with Crippen LogP contribution in [0.25, 0.3) is 0 Å². The molecule has 0 fully saturated rings. The molecule has 0 atom stereocenters. The van der Waals surface area contributed by atoms with E-state index in [0.717, 1.165) is 16.2 Å². The third-order valence-corrected chi connectivity index (χ3v) is 5.09. The Morgan fingerprint density at radius 1 is 1.00 bits per heavy atom. The van der Waals surface area contributed by atoms with Crippen molar-refractivity contribution in [3.05, 3.63) is 94.9 Å². The van der Waals surface area contributed by atoms with Crippen molar-refractivity contribution in [2.24, 2.45) is 0 Å². The topological polar surface area (TPSA) is 56.3 Å². The van der Waals surface area contributed by atoms with Crippen molar-refractivity contribution in [2.75, 3.05) is 7.11 Å². The third kappa shape index (κ3) is 5.27. The van der Waals surface area contributed by atoms with Crippen molar-refractivity contribution in [3.8, 4) is 0 Å². The van der Waals surface area contributed by atoms with Crippen LogP contribution in [0.2, 0.25) is 0 Å². The molecule has 0 radical (unpaired) electrons. The number of pyridine rings is 1. The number of aromatic nitrogens is 1. The maximum atomic E-state index is 12.9. The molecular weight excluding hydrogens is 377 g/mol. The number of benzene rings is 2. The van der Waals surface area contributed by atoms with Gasteiger partial charge in [-0.1, -0.05) is 24.3 Å². The highest BCUT2D eigenvalue weighted by Crippen LogP contribution is 2.22. The van der Waals surface area contributed by atoms with Crippen LogP contribution in [0.3, 0.4) is 0 Å². The SMILES string of the molecule is COC(=O)c1cccc(CSc2ccc(C(=O)Cc3ccc(F)cc3)cn2)c1. The number of carbonyl (C=O) groups is 2. The Balaban J connectivity index is 1.59. The number of ether oxygens (including phenoxy) is 1. The number of halogens is 1. The fourth-order valence-electron chi connectivity index (χ4n) is 2.58. The van der Waals surface area contributed by atoms with Crippen molar-refractivity contribution >= 4 is 23.5 Å². The van der Waals surface area contributed by atoms with Gasteiger partial charge in [0.1, 0.15) is 5.82 Å². The molecule has 0 amide bonds. The lowest BCUT2D eigenvalue weighted by molar-refractivity contribution is 0.0600. The van der Waals surface area contributed by atoms with Crippen molar-refractivity contribution in [1.82, 2.24) is 4.98 Å². The Kier molecular flexibility index (Phi) is 6.55. The third-order valence-electron chi connectivity index (χ3n) is 4.07. The molecule has 0 saturated carbocycles. The summed E-state index contributed by atoms with van der Waals surface area (Å²) in [6.07, 6.45) is 1.76. The van der Waals surface area contributed by atoms with Crippen LogP contribution >= 0.6 is 11.8 Å². The van der Waals surface area contributed by atoms with E-state index >= 15 is 0 Å². The first-order valence-corrected chi connectivity index (χ1v) is 9.57. The van der Waals surface area contributed by atoms with Crippen LogP contribution in [-0.2, 0) is 16.9 Å². The summed E-state index contributed by atoms with van der Waals surface area (Å²) in [7, 11) is 1.35. The van der Waals surface area contributed by atoms with Gasteiger partial charge in [-0.05, 0) is 47.5 Å². The summed E-state index contributed by atoms with van der Waals surface area (Å²) >= 11 is 1.51. The van der Waals surface area contributed by atoms with E-state index in [2.05, 4.69) is 4.98 Å². The monoisotopic (exact) mass is 395 g/mol. The second kappa shape index (κ2) is 9.28. The smallest absolute Gasteiger partial charge is 0.337 e. The molecule has 1 heterocycles. The molecule has 3 rings (SSSR count). The van der Waals surface area contributed by atoms with E-state index in [1.807, 2.05) is 12.1 Å². The van der Waals surface area contributed by atoms with Crippen molar-refractivity contribution in [1.29, 1.82) is 0 Å². The number of Topliss-reactive ketones (excluding diaryl/α,β-unsaturated/α-hetero) is 1. The van der Waals surface area contributed by atoms with Crippen molar-refractivity contribution < 1.29 is 18.7 Å². The van der Waals surface area contributed by atoms with E-state index in [9.17, 15) is 14.0 Å². The number of esters is 1. The van der Waals surface area contributed by atoms with E-state index in [4.69, 9.17) is 4.74 Å². The predicted molar refractivity (Wildman–Crippen MR) is 106 cm³/mol. The fraction of sp³-hybridized carbons (Fsp3) is 0.136. The van der Waals surface area contributed by atoms with Gasteiger partial charge in [0.25, 0.3) is 0 Å². The lowest BCUT2D eigenvalue weighted by atomic mass is 10.0. The normalized spacial score (nSPS) is 10.5. The minimum atomic E-state index is -0.367. The van der Waals surface area contributed by atoms with Crippen LogP contribution in [0.15, 0.2) is 71.9 Å². The first-order chi connectivity index (χ1) is 13.5. The van der Waals surface area contributed by atoms with Crippen LogP contribution in [0.1, 0.15) is 31.8 Å². The molecule has 4 nitrogen and oxygen atoms in total. The van der Waals surface area contributed by atoms with Gasteiger partial charge < -0.3 is 4.74 Å². The molecule has 0 saturated heterocycles. The van der Waals surface area contributed by atoms with Gasteiger partial charge in [0, 0.05) is 23.9 Å². The molecule has 3 aromatic rings. The van der Waals surface area contributed by atoms with Gasteiger partial charge in [0.2, 0.25) is 0 Å². The highest BCUT2D eigenvalue weighted by Gasteiger charge is 2.09. The first-order valence-electron chi connectivity index (χ1n) is 8.59. The number of methoxy groups -OCH3 is 1. The highest BCUT2D eigenvalue weighted by molar-refractivity contribution is 7.98. The molecule has 0 N–H and O–H groups in total. The van der Waals surface area contributed by atoms with E-state index in [1.165, 1.54) is 31.0 Å². The highest BCUT2D eigenvalue weighted by atomic mass is 32.2. The molecule has 0 unspecified atom stereocenters. The molecule has 6 heteroatoms. The summed E-state index contributed by atoms with van der Waals surface area (Å²) < 4.78 is 17.7. The molecule has 0 aliphatic carbocycles. The fourth-order valence-corrected chi connectivity index (χ4v) is 3.37. The second-order valence-corrected chi connectivity index (χ2v) is 7.09. The summed E-state index contributed by atoms with van der Waals surface area (Å²) in [6, 6.07) is 16.7. The molecule has 2 aromatic carbocycles. The first kappa shape index (κ1) is 19.8. The van der Waals surface area contributed by atoms with Crippen LogP contribution < -0.4 is 0 Å². The number of thioether (sulfide) groups is 1. The van der Waals surface area contributed by atoms with Crippen LogP contribution in [0, 0.1) is 5.82 Å². The van der Waals surface area contributed by atoms with Crippen LogP contribution in [0.5, 0.6) is 0 Å². The number of hydrogen-bond donors (Lipinski definition) is 0. The zero-order valence-electron chi connectivity index (χ0n) is 15.2. The average Bonchev–Trinajstić information content (AvgIpc) is 2.74. The average molecular weight is 395 g/mol. The molecule has 142 valence electrons. The Bertz CT molecular complexity index is 972. The Morgan fingerprint density at radius 3 is 2.46 bits per heavy atom. The maximum Gasteiger partial charge on any atom is 0.337 e. The summed E-state index contributed by atoms with van der Waals surface area (Å²) in [6.45, 7) is 0. The zero-order valence-corrected chi connectivity index (χ0v) is 16.0. The Hall–Kier alpha value is -2.99. The van der Waals surface area contributed by atoms with Gasteiger partial charge in [0.05, 0.1) is 17.7 Å². The second-order valence-electron chi connectivity index (χ2n) is 6.09. The van der Waals surface area contributed by atoms with E-state index < -0.39 is 0 Å². The molecule has 0 bridgehead atoms. The molecular formula is C22H18FNO3S. The summed E-state index contributed by atoms with van der Waals surface area (Å²) in [5, 5.41) is 0.779. The van der Waals surface area contributed by atoms with E-state index in [0.29, 0.717) is 16.9 Å². The van der Waals surface area contributed by atoms with E-state index in [-0.39, 0.29) is 24.0 Å². The molecule has 0 aliphatic heterocycles. The van der Waals surface area contributed by atoms with Crippen LogP contribution in [-0.4, -0.2) is 23.8 Å². The number of ketones is 1. The van der Waals surface area contributed by atoms with Crippen molar-refractivity contribution in [3.63, 3.8) is 0 Å². The lowest BCUT2D eigenvalue weighted by Crippen LogP contribution is -2.04. The predicted octanol–water partition coefficient (Wildman–Crippen LogP) is 4.73. The van der Waals surface area contributed by atoms with Gasteiger partial charge in [0.15, 0.2) is 5.78 Å². The number of rotatable bonds is 7. The standard InChI is InChI=1S/C22H18FNO3S/c1-27-22(26)17-4-2-3-16(11-17)14-28-21-10-7-18(13-24-21)20(25)12-15-5-8-19(23)9-6-15/h2-11,13H,12,14H2,1H3. The quantitative estimate of drug-likeness (QED) is 0.329. The zero-order chi connectivity index (χ0) is 19.9. The van der Waals surface area contributed by atoms with Gasteiger partial charge in [-0.15, -0.1) is 11.8 Å². The van der Waals surface area contributed by atoms with Gasteiger partial charge in [-0.3, -0.25) is 4.79 Å². The number of hydrogen-bond acceptors (Lipinski definition) is 5.